The first-order valence-corrected chi connectivity index (χ1v) is 9.60. The number of rotatable bonds is 6. The van der Waals surface area contributed by atoms with E-state index in [-0.39, 0.29) is 12.3 Å². The molecule has 0 atom stereocenters. The van der Waals surface area contributed by atoms with Gasteiger partial charge in [-0.15, -0.1) is 0 Å². The number of amides is 1. The SMILES string of the molecule is CS(=O)(=O)Nc1ccccc1NC(=O)CCc1nc2ccccc2[nH]1. The number of aromatic amines is 1. The Hall–Kier alpha value is -2.87. The number of hydrogen-bond acceptors (Lipinski definition) is 4. The highest BCUT2D eigenvalue weighted by Crippen LogP contribution is 2.22. The molecule has 0 radical (unpaired) electrons. The summed E-state index contributed by atoms with van der Waals surface area (Å²) in [5.41, 5.74) is 2.55. The van der Waals surface area contributed by atoms with Crippen LogP contribution in [0.15, 0.2) is 48.5 Å². The number of benzene rings is 2. The number of aromatic nitrogens is 2. The van der Waals surface area contributed by atoms with Crippen LogP contribution in [0.3, 0.4) is 0 Å². The van der Waals surface area contributed by atoms with Crippen LogP contribution >= 0.6 is 0 Å². The summed E-state index contributed by atoms with van der Waals surface area (Å²) in [7, 11) is -3.42. The number of carbonyl (C=O) groups excluding carboxylic acids is 1. The molecular weight excluding hydrogens is 340 g/mol. The van der Waals surface area contributed by atoms with Gasteiger partial charge in [0, 0.05) is 12.8 Å². The number of H-pyrrole nitrogens is 1. The molecule has 25 heavy (non-hydrogen) atoms. The minimum absolute atomic E-state index is 0.219. The predicted octanol–water partition coefficient (Wildman–Crippen LogP) is 2.51. The van der Waals surface area contributed by atoms with Crippen molar-refractivity contribution in [2.24, 2.45) is 0 Å². The molecule has 0 bridgehead atoms. The van der Waals surface area contributed by atoms with Gasteiger partial charge >= 0.3 is 0 Å². The molecule has 1 aromatic heterocycles. The molecule has 0 aliphatic heterocycles. The van der Waals surface area contributed by atoms with E-state index < -0.39 is 10.0 Å². The Bertz CT molecular complexity index is 978. The molecule has 0 unspecified atom stereocenters. The summed E-state index contributed by atoms with van der Waals surface area (Å²) in [5.74, 6) is 0.516. The number of nitrogens with one attached hydrogen (secondary N) is 3. The normalized spacial score (nSPS) is 11.4. The largest absolute Gasteiger partial charge is 0.342 e. The van der Waals surface area contributed by atoms with Gasteiger partial charge in [0.25, 0.3) is 0 Å². The number of hydrogen-bond donors (Lipinski definition) is 3. The second-order valence-corrected chi connectivity index (χ2v) is 7.42. The van der Waals surface area contributed by atoms with Crippen molar-refractivity contribution in [3.8, 4) is 0 Å². The first-order chi connectivity index (χ1) is 11.9. The highest BCUT2D eigenvalue weighted by Gasteiger charge is 2.11. The Balaban J connectivity index is 1.65. The van der Waals surface area contributed by atoms with Gasteiger partial charge in [-0.05, 0) is 24.3 Å². The molecule has 0 aliphatic carbocycles. The van der Waals surface area contributed by atoms with E-state index in [1.54, 1.807) is 24.3 Å². The average Bonchev–Trinajstić information content (AvgIpc) is 2.96. The summed E-state index contributed by atoms with van der Waals surface area (Å²) in [6.07, 6.45) is 1.75. The quantitative estimate of drug-likeness (QED) is 0.630. The molecule has 130 valence electrons. The van der Waals surface area contributed by atoms with E-state index >= 15 is 0 Å². The van der Waals surface area contributed by atoms with Crippen LogP contribution in [0.2, 0.25) is 0 Å². The van der Waals surface area contributed by atoms with E-state index in [9.17, 15) is 13.2 Å². The number of nitrogens with zero attached hydrogens (tertiary/aromatic N) is 1. The van der Waals surface area contributed by atoms with Crippen molar-refractivity contribution in [3.63, 3.8) is 0 Å². The van der Waals surface area contributed by atoms with Crippen LogP contribution in [-0.2, 0) is 21.2 Å². The van der Waals surface area contributed by atoms with Gasteiger partial charge in [-0.25, -0.2) is 13.4 Å². The van der Waals surface area contributed by atoms with Crippen molar-refractivity contribution in [2.75, 3.05) is 16.3 Å². The van der Waals surface area contributed by atoms with Crippen LogP contribution in [0.25, 0.3) is 11.0 Å². The predicted molar refractivity (Wildman–Crippen MR) is 98.0 cm³/mol. The van der Waals surface area contributed by atoms with Crippen molar-refractivity contribution in [3.05, 3.63) is 54.4 Å². The smallest absolute Gasteiger partial charge is 0.229 e. The second kappa shape index (κ2) is 6.94. The fraction of sp³-hybridized carbons (Fsp3) is 0.176. The molecule has 3 aromatic rings. The zero-order valence-corrected chi connectivity index (χ0v) is 14.4. The van der Waals surface area contributed by atoms with E-state index in [2.05, 4.69) is 20.0 Å². The Labute approximate surface area is 145 Å². The molecule has 1 amide bonds. The van der Waals surface area contributed by atoms with Crippen molar-refractivity contribution in [2.45, 2.75) is 12.8 Å². The van der Waals surface area contributed by atoms with Crippen molar-refractivity contribution in [1.82, 2.24) is 9.97 Å². The Morgan fingerprint density at radius 3 is 2.48 bits per heavy atom. The van der Waals surface area contributed by atoms with Gasteiger partial charge in [0.2, 0.25) is 15.9 Å². The molecule has 3 N–H and O–H groups in total. The number of imidazole rings is 1. The van der Waals surface area contributed by atoms with Gasteiger partial charge in [0.05, 0.1) is 28.7 Å². The van der Waals surface area contributed by atoms with E-state index in [0.29, 0.717) is 17.8 Å². The number of fused-ring (bicyclic) bond motifs is 1. The molecule has 0 spiro atoms. The summed E-state index contributed by atoms with van der Waals surface area (Å²) in [5, 5.41) is 2.73. The van der Waals surface area contributed by atoms with E-state index in [1.165, 1.54) is 0 Å². The maximum Gasteiger partial charge on any atom is 0.229 e. The number of sulfonamides is 1. The molecule has 2 aromatic carbocycles. The molecular formula is C17H18N4O3S. The summed E-state index contributed by atoms with van der Waals surface area (Å²) < 4.78 is 25.2. The third-order valence-electron chi connectivity index (χ3n) is 3.52. The lowest BCUT2D eigenvalue weighted by Gasteiger charge is -2.11. The van der Waals surface area contributed by atoms with Crippen molar-refractivity contribution >= 4 is 38.3 Å². The minimum atomic E-state index is -3.42. The third kappa shape index (κ3) is 4.57. The number of carbonyl (C=O) groups is 1. The van der Waals surface area contributed by atoms with Crippen molar-refractivity contribution in [1.29, 1.82) is 0 Å². The maximum atomic E-state index is 12.2. The first kappa shape index (κ1) is 17.0. The molecule has 1 heterocycles. The van der Waals surface area contributed by atoms with Gasteiger partial charge in [-0.3, -0.25) is 9.52 Å². The minimum Gasteiger partial charge on any atom is -0.342 e. The van der Waals surface area contributed by atoms with E-state index in [4.69, 9.17) is 0 Å². The summed E-state index contributed by atoms with van der Waals surface area (Å²) in [6, 6.07) is 14.3. The monoisotopic (exact) mass is 358 g/mol. The Morgan fingerprint density at radius 1 is 1.08 bits per heavy atom. The third-order valence-corrected chi connectivity index (χ3v) is 4.11. The van der Waals surface area contributed by atoms with Gasteiger partial charge in [-0.1, -0.05) is 24.3 Å². The summed E-state index contributed by atoms with van der Waals surface area (Å²) >= 11 is 0. The van der Waals surface area contributed by atoms with Crippen molar-refractivity contribution < 1.29 is 13.2 Å². The summed E-state index contributed by atoms with van der Waals surface area (Å²) in [6.45, 7) is 0. The van der Waals surface area contributed by atoms with Gasteiger partial charge in [0.1, 0.15) is 5.82 Å². The lowest BCUT2D eigenvalue weighted by molar-refractivity contribution is -0.116. The number of para-hydroxylation sites is 4. The maximum absolute atomic E-state index is 12.2. The first-order valence-electron chi connectivity index (χ1n) is 7.71. The van der Waals surface area contributed by atoms with Gasteiger partial charge in [0.15, 0.2) is 0 Å². The van der Waals surface area contributed by atoms with E-state index in [1.807, 2.05) is 24.3 Å². The molecule has 8 heteroatoms. The lowest BCUT2D eigenvalue weighted by atomic mass is 10.2. The van der Waals surface area contributed by atoms with Crippen LogP contribution in [0.1, 0.15) is 12.2 Å². The fourth-order valence-corrected chi connectivity index (χ4v) is 3.03. The molecule has 0 saturated carbocycles. The molecule has 0 aliphatic rings. The van der Waals surface area contributed by atoms with Crippen LogP contribution in [0.4, 0.5) is 11.4 Å². The van der Waals surface area contributed by atoms with E-state index in [0.717, 1.165) is 23.1 Å². The molecule has 3 rings (SSSR count). The number of aryl methyl sites for hydroxylation is 1. The highest BCUT2D eigenvalue weighted by atomic mass is 32.2. The van der Waals surface area contributed by atoms with Crippen LogP contribution in [0, 0.1) is 0 Å². The van der Waals surface area contributed by atoms with Gasteiger partial charge < -0.3 is 10.3 Å². The summed E-state index contributed by atoms with van der Waals surface area (Å²) in [4.78, 5) is 19.8. The number of anilines is 2. The zero-order valence-electron chi connectivity index (χ0n) is 13.6. The van der Waals surface area contributed by atoms with Crippen LogP contribution < -0.4 is 10.0 Å². The molecule has 0 saturated heterocycles. The standard InChI is InChI=1S/C17H18N4O3S/c1-25(23,24)21-15-9-5-4-8-14(15)20-17(22)11-10-16-18-12-6-2-3-7-13(12)19-16/h2-9,21H,10-11H2,1H3,(H,18,19)(H,20,22). The molecule has 0 fully saturated rings. The fourth-order valence-electron chi connectivity index (χ4n) is 2.45. The Morgan fingerprint density at radius 2 is 1.76 bits per heavy atom. The van der Waals surface area contributed by atoms with Crippen LogP contribution in [-0.4, -0.2) is 30.5 Å². The highest BCUT2D eigenvalue weighted by molar-refractivity contribution is 7.92. The van der Waals surface area contributed by atoms with Crippen LogP contribution in [0.5, 0.6) is 0 Å². The molecule has 7 nitrogen and oxygen atoms in total. The zero-order chi connectivity index (χ0) is 17.9. The Kier molecular flexibility index (Phi) is 4.71. The second-order valence-electron chi connectivity index (χ2n) is 5.67. The lowest BCUT2D eigenvalue weighted by Crippen LogP contribution is -2.16. The topological polar surface area (TPSA) is 104 Å². The average molecular weight is 358 g/mol. The van der Waals surface area contributed by atoms with Gasteiger partial charge in [-0.2, -0.15) is 0 Å².